The van der Waals surface area contributed by atoms with Crippen LogP contribution in [0.25, 0.3) is 0 Å². The summed E-state index contributed by atoms with van der Waals surface area (Å²) in [6.45, 7) is 10.4. The van der Waals surface area contributed by atoms with Crippen LogP contribution >= 0.6 is 0 Å². The number of phenols is 2. The molecule has 3 heteroatoms. The third-order valence-electron chi connectivity index (χ3n) is 6.20. The van der Waals surface area contributed by atoms with Gasteiger partial charge in [0.25, 0.3) is 0 Å². The van der Waals surface area contributed by atoms with E-state index < -0.39 is 0 Å². The molecule has 3 nitrogen and oxygen atoms in total. The van der Waals surface area contributed by atoms with E-state index in [0.29, 0.717) is 6.42 Å². The Morgan fingerprint density at radius 1 is 1.13 bits per heavy atom. The number of Topliss-reactive ketones (excluding diaryl/α,β-unsaturated/α-hetero) is 1. The van der Waals surface area contributed by atoms with Crippen LogP contribution < -0.4 is 0 Å². The van der Waals surface area contributed by atoms with E-state index >= 15 is 0 Å². The van der Waals surface area contributed by atoms with Gasteiger partial charge in [0.1, 0.15) is 5.78 Å². The monoisotopic (exact) mass is 316 g/mol. The van der Waals surface area contributed by atoms with Crippen molar-refractivity contribution in [2.24, 2.45) is 11.3 Å². The van der Waals surface area contributed by atoms with Gasteiger partial charge in [0.05, 0.1) is 0 Å². The highest BCUT2D eigenvalue weighted by atomic mass is 16.3. The van der Waals surface area contributed by atoms with Gasteiger partial charge in [0, 0.05) is 28.9 Å². The van der Waals surface area contributed by atoms with Crippen molar-refractivity contribution in [2.75, 3.05) is 0 Å². The maximum Gasteiger partial charge on any atom is 0.161 e. The van der Waals surface area contributed by atoms with Crippen molar-refractivity contribution in [3.63, 3.8) is 0 Å². The quantitative estimate of drug-likeness (QED) is 0.754. The van der Waals surface area contributed by atoms with Gasteiger partial charge >= 0.3 is 0 Å². The Kier molecular flexibility index (Phi) is 3.55. The van der Waals surface area contributed by atoms with Crippen LogP contribution in [-0.4, -0.2) is 16.0 Å². The first-order valence-electron chi connectivity index (χ1n) is 8.70. The molecule has 0 radical (unpaired) electrons. The highest BCUT2D eigenvalue weighted by molar-refractivity contribution is 5.89. The van der Waals surface area contributed by atoms with Crippen molar-refractivity contribution < 1.29 is 15.0 Å². The number of hydrogen-bond donors (Lipinski definition) is 2. The van der Waals surface area contributed by atoms with Crippen LogP contribution in [-0.2, 0) is 16.6 Å². The van der Waals surface area contributed by atoms with Crippen molar-refractivity contribution in [1.82, 2.24) is 0 Å². The largest absolute Gasteiger partial charge is 0.504 e. The van der Waals surface area contributed by atoms with Crippen LogP contribution in [0.4, 0.5) is 0 Å². The molecule has 2 N–H and O–H groups in total. The van der Waals surface area contributed by atoms with Crippen LogP contribution in [0.3, 0.4) is 0 Å². The Labute approximate surface area is 138 Å². The fourth-order valence-corrected chi connectivity index (χ4v) is 5.36. The number of benzene rings is 1. The average molecular weight is 316 g/mol. The molecular formula is C20H28O3. The summed E-state index contributed by atoms with van der Waals surface area (Å²) in [7, 11) is 0. The Morgan fingerprint density at radius 2 is 1.78 bits per heavy atom. The summed E-state index contributed by atoms with van der Waals surface area (Å²) in [5.74, 6) is 0.297. The number of phenolic OH excluding ortho intramolecular Hbond substituents is 2. The zero-order valence-corrected chi connectivity index (χ0v) is 14.9. The molecule has 0 bridgehead atoms. The summed E-state index contributed by atoms with van der Waals surface area (Å²) in [5.41, 5.74) is 2.00. The van der Waals surface area contributed by atoms with Crippen molar-refractivity contribution in [2.45, 2.75) is 71.6 Å². The molecule has 23 heavy (non-hydrogen) atoms. The van der Waals surface area contributed by atoms with Crippen LogP contribution in [0.5, 0.6) is 11.5 Å². The van der Waals surface area contributed by atoms with Gasteiger partial charge in [-0.15, -0.1) is 0 Å². The lowest BCUT2D eigenvalue weighted by Crippen LogP contribution is -2.52. The predicted octanol–water partition coefficient (Wildman–Crippen LogP) is 4.43. The number of rotatable bonds is 1. The van der Waals surface area contributed by atoms with E-state index in [1.807, 2.05) is 19.9 Å². The minimum Gasteiger partial charge on any atom is -0.504 e. The first-order chi connectivity index (χ1) is 10.6. The Bertz CT molecular complexity index is 672. The minimum absolute atomic E-state index is 0.00328. The molecule has 1 aromatic carbocycles. The van der Waals surface area contributed by atoms with Gasteiger partial charge in [-0.1, -0.05) is 47.1 Å². The van der Waals surface area contributed by atoms with Crippen LogP contribution in [0.15, 0.2) is 6.07 Å². The molecule has 0 aliphatic heterocycles. The Morgan fingerprint density at radius 3 is 2.39 bits per heavy atom. The molecule has 2 aliphatic carbocycles. The van der Waals surface area contributed by atoms with Gasteiger partial charge < -0.3 is 10.2 Å². The van der Waals surface area contributed by atoms with Crippen molar-refractivity contribution in [3.8, 4) is 11.5 Å². The van der Waals surface area contributed by atoms with E-state index in [1.165, 1.54) is 0 Å². The number of ketones is 1. The second-order valence-electron chi connectivity index (χ2n) is 8.69. The summed E-state index contributed by atoms with van der Waals surface area (Å²) >= 11 is 0. The normalized spacial score (nSPS) is 29.3. The summed E-state index contributed by atoms with van der Waals surface area (Å²) in [6.07, 6.45) is 3.32. The van der Waals surface area contributed by atoms with Crippen LogP contribution in [0.2, 0.25) is 0 Å². The molecule has 0 spiro atoms. The van der Waals surface area contributed by atoms with Crippen molar-refractivity contribution in [1.29, 1.82) is 0 Å². The van der Waals surface area contributed by atoms with E-state index in [1.54, 1.807) is 0 Å². The fourth-order valence-electron chi connectivity index (χ4n) is 5.36. The SMILES string of the molecule is CC(C)c1cc2c(c(O)c1O)[C@@]1(C)CCCC(C)(C)C1C(=O)C2. The van der Waals surface area contributed by atoms with E-state index in [4.69, 9.17) is 0 Å². The summed E-state index contributed by atoms with van der Waals surface area (Å²) in [6, 6.07) is 1.94. The molecule has 1 aromatic rings. The van der Waals surface area contributed by atoms with Crippen LogP contribution in [0.1, 0.15) is 76.5 Å². The van der Waals surface area contributed by atoms with Gasteiger partial charge in [-0.3, -0.25) is 4.79 Å². The first-order valence-corrected chi connectivity index (χ1v) is 8.70. The molecule has 0 heterocycles. The second-order valence-corrected chi connectivity index (χ2v) is 8.69. The van der Waals surface area contributed by atoms with Gasteiger partial charge in [0.2, 0.25) is 0 Å². The number of carbonyl (C=O) groups excluding carboxylic acids is 1. The Balaban J connectivity index is 2.27. The van der Waals surface area contributed by atoms with Gasteiger partial charge in [-0.05, 0) is 29.7 Å². The third kappa shape index (κ3) is 2.20. The molecule has 2 atom stereocenters. The lowest BCUT2D eigenvalue weighted by atomic mass is 9.49. The average Bonchev–Trinajstić information content (AvgIpc) is 2.40. The molecule has 1 fully saturated rings. The molecule has 2 aliphatic rings. The van der Waals surface area contributed by atoms with Gasteiger partial charge in [-0.2, -0.15) is 0 Å². The highest BCUT2D eigenvalue weighted by Crippen LogP contribution is 2.59. The van der Waals surface area contributed by atoms with E-state index in [9.17, 15) is 15.0 Å². The number of carbonyl (C=O) groups is 1. The third-order valence-corrected chi connectivity index (χ3v) is 6.20. The lowest BCUT2D eigenvalue weighted by molar-refractivity contribution is -0.132. The number of fused-ring (bicyclic) bond motifs is 3. The predicted molar refractivity (Wildman–Crippen MR) is 91.0 cm³/mol. The van der Waals surface area contributed by atoms with Crippen molar-refractivity contribution >= 4 is 5.78 Å². The lowest BCUT2D eigenvalue weighted by Gasteiger charge is -2.53. The van der Waals surface area contributed by atoms with E-state index in [2.05, 4.69) is 20.8 Å². The fraction of sp³-hybridized carbons (Fsp3) is 0.650. The minimum atomic E-state index is -0.385. The smallest absolute Gasteiger partial charge is 0.161 e. The maximum absolute atomic E-state index is 12.9. The van der Waals surface area contributed by atoms with Crippen LogP contribution in [0, 0.1) is 11.3 Å². The number of hydrogen-bond acceptors (Lipinski definition) is 3. The molecule has 1 unspecified atom stereocenters. The summed E-state index contributed by atoms with van der Waals surface area (Å²) in [4.78, 5) is 12.9. The van der Waals surface area contributed by atoms with E-state index in [-0.39, 0.29) is 39.9 Å². The highest BCUT2D eigenvalue weighted by Gasteiger charge is 2.55. The zero-order valence-electron chi connectivity index (χ0n) is 14.9. The molecule has 0 saturated heterocycles. The van der Waals surface area contributed by atoms with Crippen molar-refractivity contribution in [3.05, 3.63) is 22.8 Å². The summed E-state index contributed by atoms with van der Waals surface area (Å²) < 4.78 is 0. The van der Waals surface area contributed by atoms with Gasteiger partial charge in [0.15, 0.2) is 11.5 Å². The molecule has 126 valence electrons. The molecular weight excluding hydrogens is 288 g/mol. The first kappa shape index (κ1) is 16.4. The Hall–Kier alpha value is -1.51. The number of aromatic hydroxyl groups is 2. The second kappa shape index (κ2) is 4.99. The molecule has 3 rings (SSSR count). The molecule has 0 aromatic heterocycles. The maximum atomic E-state index is 12.9. The topological polar surface area (TPSA) is 57.5 Å². The molecule has 0 amide bonds. The molecule has 1 saturated carbocycles. The van der Waals surface area contributed by atoms with Gasteiger partial charge in [-0.25, -0.2) is 0 Å². The summed E-state index contributed by atoms with van der Waals surface area (Å²) in [5, 5.41) is 21.3. The van der Waals surface area contributed by atoms with E-state index in [0.717, 1.165) is 36.0 Å². The standard InChI is InChI=1S/C20H28O3/c1-11(2)13-9-12-10-14(21)18-19(3,4)7-6-8-20(18,5)15(12)17(23)16(13)22/h9,11,18,22-23H,6-8,10H2,1-5H3/t18?,20-/m1/s1. The zero-order chi connectivity index (χ0) is 17.2.